The van der Waals surface area contributed by atoms with Gasteiger partial charge >= 0.3 is 0 Å². The standard InChI is InChI=1S/C19H17FN4O3/c1-26-15-7-6-12(10-16(15)27-2)19(25)22-18-9-8-17(23-24-18)21-14-5-3-4-13(20)11-14/h3-11H,1-2H3,(H,21,23)(H,22,24,25). The highest BCUT2D eigenvalue weighted by atomic mass is 19.1. The van der Waals surface area contributed by atoms with Crippen LogP contribution in [0.25, 0.3) is 0 Å². The molecule has 0 aliphatic carbocycles. The molecule has 1 heterocycles. The molecule has 0 spiro atoms. The molecule has 3 aromatic rings. The molecule has 1 amide bonds. The van der Waals surface area contributed by atoms with E-state index in [2.05, 4.69) is 20.8 Å². The fourth-order valence-electron chi connectivity index (χ4n) is 2.35. The number of nitrogens with one attached hydrogen (secondary N) is 2. The largest absolute Gasteiger partial charge is 0.493 e. The van der Waals surface area contributed by atoms with Gasteiger partial charge in [-0.2, -0.15) is 0 Å². The summed E-state index contributed by atoms with van der Waals surface area (Å²) < 4.78 is 23.5. The molecule has 0 aliphatic rings. The second kappa shape index (κ2) is 8.13. The highest BCUT2D eigenvalue weighted by Crippen LogP contribution is 2.27. The summed E-state index contributed by atoms with van der Waals surface area (Å²) in [6.45, 7) is 0. The maximum absolute atomic E-state index is 13.2. The maximum Gasteiger partial charge on any atom is 0.257 e. The highest BCUT2D eigenvalue weighted by molar-refractivity contribution is 6.04. The Hall–Kier alpha value is -3.68. The molecule has 0 aliphatic heterocycles. The summed E-state index contributed by atoms with van der Waals surface area (Å²) in [5, 5.41) is 13.5. The molecule has 0 saturated heterocycles. The summed E-state index contributed by atoms with van der Waals surface area (Å²) in [5.41, 5.74) is 0.933. The number of hydrogen-bond acceptors (Lipinski definition) is 6. The van der Waals surface area contributed by atoms with Gasteiger partial charge in [-0.3, -0.25) is 4.79 Å². The van der Waals surface area contributed by atoms with Gasteiger partial charge in [-0.05, 0) is 48.5 Å². The number of carbonyl (C=O) groups excluding carboxylic acids is 1. The van der Waals surface area contributed by atoms with E-state index in [0.717, 1.165) is 0 Å². The van der Waals surface area contributed by atoms with Gasteiger partial charge in [0.2, 0.25) is 0 Å². The van der Waals surface area contributed by atoms with E-state index in [9.17, 15) is 9.18 Å². The molecule has 8 heteroatoms. The fraction of sp³-hybridized carbons (Fsp3) is 0.105. The van der Waals surface area contributed by atoms with Gasteiger partial charge in [-0.1, -0.05) is 6.07 Å². The third kappa shape index (κ3) is 4.49. The van der Waals surface area contributed by atoms with Crippen LogP contribution in [0.15, 0.2) is 54.6 Å². The lowest BCUT2D eigenvalue weighted by Gasteiger charge is -2.10. The second-order valence-corrected chi connectivity index (χ2v) is 5.46. The normalized spacial score (nSPS) is 10.2. The Balaban J connectivity index is 1.68. The van der Waals surface area contributed by atoms with Crippen LogP contribution in [-0.4, -0.2) is 30.3 Å². The van der Waals surface area contributed by atoms with Crippen molar-refractivity contribution in [1.82, 2.24) is 10.2 Å². The van der Waals surface area contributed by atoms with E-state index >= 15 is 0 Å². The van der Waals surface area contributed by atoms with Gasteiger partial charge in [-0.25, -0.2) is 4.39 Å². The zero-order valence-electron chi connectivity index (χ0n) is 14.7. The van der Waals surface area contributed by atoms with Crippen LogP contribution in [0.1, 0.15) is 10.4 Å². The zero-order valence-corrected chi connectivity index (χ0v) is 14.7. The number of amides is 1. The topological polar surface area (TPSA) is 85.4 Å². The third-order valence-electron chi connectivity index (χ3n) is 3.65. The van der Waals surface area contributed by atoms with Crippen molar-refractivity contribution in [1.29, 1.82) is 0 Å². The van der Waals surface area contributed by atoms with Crippen molar-refractivity contribution < 1.29 is 18.7 Å². The van der Waals surface area contributed by atoms with Crippen LogP contribution in [0.5, 0.6) is 11.5 Å². The molecule has 0 radical (unpaired) electrons. The molecule has 0 unspecified atom stereocenters. The van der Waals surface area contributed by atoms with Crippen LogP contribution < -0.4 is 20.1 Å². The first kappa shape index (κ1) is 18.1. The van der Waals surface area contributed by atoms with E-state index in [4.69, 9.17) is 9.47 Å². The molecule has 0 atom stereocenters. The number of hydrogen-bond donors (Lipinski definition) is 2. The number of aromatic nitrogens is 2. The van der Waals surface area contributed by atoms with E-state index in [1.54, 1.807) is 42.5 Å². The highest BCUT2D eigenvalue weighted by Gasteiger charge is 2.12. The third-order valence-corrected chi connectivity index (χ3v) is 3.65. The number of rotatable bonds is 6. The number of halogens is 1. The zero-order chi connectivity index (χ0) is 19.2. The van der Waals surface area contributed by atoms with E-state index in [1.165, 1.54) is 26.4 Å². The van der Waals surface area contributed by atoms with Gasteiger partial charge in [0.15, 0.2) is 23.1 Å². The van der Waals surface area contributed by atoms with Crippen molar-refractivity contribution >= 4 is 23.2 Å². The predicted molar refractivity (Wildman–Crippen MR) is 99.2 cm³/mol. The minimum absolute atomic E-state index is 0.277. The van der Waals surface area contributed by atoms with Gasteiger partial charge in [0.05, 0.1) is 14.2 Å². The Morgan fingerprint density at radius 2 is 1.67 bits per heavy atom. The maximum atomic E-state index is 13.2. The van der Waals surface area contributed by atoms with Crippen molar-refractivity contribution in [2.45, 2.75) is 0 Å². The summed E-state index contributed by atoms with van der Waals surface area (Å²) >= 11 is 0. The van der Waals surface area contributed by atoms with Crippen LogP contribution in [0.2, 0.25) is 0 Å². The first-order valence-corrected chi connectivity index (χ1v) is 7.99. The van der Waals surface area contributed by atoms with Gasteiger partial charge in [0.25, 0.3) is 5.91 Å². The van der Waals surface area contributed by atoms with Gasteiger partial charge < -0.3 is 20.1 Å². The molecule has 2 N–H and O–H groups in total. The van der Waals surface area contributed by atoms with Crippen molar-refractivity contribution in [3.63, 3.8) is 0 Å². The Bertz CT molecular complexity index is 948. The average Bonchev–Trinajstić information content (AvgIpc) is 2.69. The summed E-state index contributed by atoms with van der Waals surface area (Å²) in [6.07, 6.45) is 0. The lowest BCUT2D eigenvalue weighted by atomic mass is 10.2. The predicted octanol–water partition coefficient (Wildman–Crippen LogP) is 3.63. The molecule has 3 rings (SSSR count). The van der Waals surface area contributed by atoms with Crippen molar-refractivity contribution in [3.05, 3.63) is 66.0 Å². The quantitative estimate of drug-likeness (QED) is 0.691. The van der Waals surface area contributed by atoms with Crippen LogP contribution in [-0.2, 0) is 0 Å². The molecule has 138 valence electrons. The smallest absolute Gasteiger partial charge is 0.257 e. The van der Waals surface area contributed by atoms with Gasteiger partial charge in [0, 0.05) is 11.3 Å². The molecule has 1 aromatic heterocycles. The van der Waals surface area contributed by atoms with E-state index in [1.807, 2.05) is 0 Å². The minimum Gasteiger partial charge on any atom is -0.493 e. The lowest BCUT2D eigenvalue weighted by Crippen LogP contribution is -2.13. The monoisotopic (exact) mass is 368 g/mol. The van der Waals surface area contributed by atoms with E-state index in [0.29, 0.717) is 28.6 Å². The van der Waals surface area contributed by atoms with Crippen molar-refractivity contribution in [2.75, 3.05) is 24.9 Å². The Morgan fingerprint density at radius 3 is 2.33 bits per heavy atom. The Morgan fingerprint density at radius 1 is 0.926 bits per heavy atom. The molecule has 0 saturated carbocycles. The average molecular weight is 368 g/mol. The molecule has 7 nitrogen and oxygen atoms in total. The van der Waals surface area contributed by atoms with Crippen LogP contribution in [0, 0.1) is 5.82 Å². The van der Waals surface area contributed by atoms with Gasteiger partial charge in [-0.15, -0.1) is 10.2 Å². The summed E-state index contributed by atoms with van der Waals surface area (Å²) in [5.74, 6) is 0.958. The summed E-state index contributed by atoms with van der Waals surface area (Å²) in [6, 6.07) is 14.0. The Kier molecular flexibility index (Phi) is 5.46. The molecule has 27 heavy (non-hydrogen) atoms. The van der Waals surface area contributed by atoms with Crippen LogP contribution in [0.4, 0.5) is 21.7 Å². The van der Waals surface area contributed by atoms with E-state index < -0.39 is 0 Å². The Labute approximate surface area is 155 Å². The van der Waals surface area contributed by atoms with Crippen LogP contribution in [0.3, 0.4) is 0 Å². The first-order valence-electron chi connectivity index (χ1n) is 7.99. The number of nitrogens with zero attached hydrogens (tertiary/aromatic N) is 2. The van der Waals surface area contributed by atoms with Crippen molar-refractivity contribution in [3.8, 4) is 11.5 Å². The first-order chi connectivity index (χ1) is 13.1. The minimum atomic E-state index is -0.365. The SMILES string of the molecule is COc1ccc(C(=O)Nc2ccc(Nc3cccc(F)c3)nn2)cc1OC. The van der Waals surface area contributed by atoms with Crippen LogP contribution >= 0.6 is 0 Å². The molecular weight excluding hydrogens is 351 g/mol. The number of ether oxygens (including phenoxy) is 2. The number of carbonyl (C=O) groups is 1. The second-order valence-electron chi connectivity index (χ2n) is 5.46. The number of anilines is 3. The summed E-state index contributed by atoms with van der Waals surface area (Å²) in [4.78, 5) is 12.4. The number of benzene rings is 2. The van der Waals surface area contributed by atoms with E-state index in [-0.39, 0.29) is 17.5 Å². The van der Waals surface area contributed by atoms with Gasteiger partial charge in [0.1, 0.15) is 5.82 Å². The molecule has 0 fully saturated rings. The molecular formula is C19H17FN4O3. The molecule has 2 aromatic carbocycles. The number of methoxy groups -OCH3 is 2. The molecule has 0 bridgehead atoms. The summed E-state index contributed by atoms with van der Waals surface area (Å²) in [7, 11) is 3.02. The lowest BCUT2D eigenvalue weighted by molar-refractivity contribution is 0.102. The fourth-order valence-corrected chi connectivity index (χ4v) is 2.35. The van der Waals surface area contributed by atoms with Crippen molar-refractivity contribution in [2.24, 2.45) is 0 Å².